The average molecular weight is 485 g/mol. The number of aryl methyl sites for hydroxylation is 1. The summed E-state index contributed by atoms with van der Waals surface area (Å²) in [5.74, 6) is 0.482. The molecule has 0 saturated carbocycles. The van der Waals surface area contributed by atoms with Crippen molar-refractivity contribution in [3.8, 4) is 6.07 Å². The standard InChI is InChI=1S/C28H32N6O2/c1-17(2)14-31-25-8-7-22(15-32-25)33-27(36)24-12-23(16-30-18(24)3)34-26(35)20-9-19(13-29)10-21(11-20)28(4,5)6/h7-12,15-17H,14H2,1-6H3,(H,31,32)(H,33,36)(H,34,35). The van der Waals surface area contributed by atoms with Gasteiger partial charge in [-0.15, -0.1) is 0 Å². The molecule has 186 valence electrons. The predicted octanol–water partition coefficient (Wildman–Crippen LogP) is 5.53. The van der Waals surface area contributed by atoms with Crippen molar-refractivity contribution in [2.24, 2.45) is 5.92 Å². The number of hydrogen-bond acceptors (Lipinski definition) is 6. The van der Waals surface area contributed by atoms with Crippen LogP contribution in [0.3, 0.4) is 0 Å². The summed E-state index contributed by atoms with van der Waals surface area (Å²) in [4.78, 5) is 34.5. The number of hydrogen-bond donors (Lipinski definition) is 3. The van der Waals surface area contributed by atoms with Gasteiger partial charge >= 0.3 is 0 Å². The lowest BCUT2D eigenvalue weighted by molar-refractivity contribution is 0.101. The summed E-state index contributed by atoms with van der Waals surface area (Å²) in [7, 11) is 0. The van der Waals surface area contributed by atoms with Crippen LogP contribution in [-0.2, 0) is 5.41 Å². The van der Waals surface area contributed by atoms with Crippen LogP contribution >= 0.6 is 0 Å². The number of nitriles is 1. The van der Waals surface area contributed by atoms with Crippen molar-refractivity contribution in [3.05, 3.63) is 76.7 Å². The fourth-order valence-electron chi connectivity index (χ4n) is 3.37. The van der Waals surface area contributed by atoms with Crippen LogP contribution in [0.1, 0.15) is 72.2 Å². The fourth-order valence-corrected chi connectivity index (χ4v) is 3.37. The Bertz CT molecular complexity index is 1300. The third-order valence-corrected chi connectivity index (χ3v) is 5.49. The van der Waals surface area contributed by atoms with E-state index in [4.69, 9.17) is 0 Å². The molecule has 2 heterocycles. The zero-order valence-electron chi connectivity index (χ0n) is 21.6. The third kappa shape index (κ3) is 6.89. The molecule has 8 heteroatoms. The summed E-state index contributed by atoms with van der Waals surface area (Å²) in [6.07, 6.45) is 3.09. The first kappa shape index (κ1) is 26.4. The number of pyridine rings is 2. The minimum Gasteiger partial charge on any atom is -0.370 e. The summed E-state index contributed by atoms with van der Waals surface area (Å²) in [5, 5.41) is 18.2. The lowest BCUT2D eigenvalue weighted by Crippen LogP contribution is -2.18. The van der Waals surface area contributed by atoms with Gasteiger partial charge in [0.1, 0.15) is 5.82 Å². The Balaban J connectivity index is 1.76. The zero-order chi connectivity index (χ0) is 26.5. The molecule has 0 radical (unpaired) electrons. The number of nitrogens with one attached hydrogen (secondary N) is 3. The summed E-state index contributed by atoms with van der Waals surface area (Å²) in [6.45, 7) is 12.8. The van der Waals surface area contributed by atoms with E-state index in [2.05, 4.69) is 45.8 Å². The smallest absolute Gasteiger partial charge is 0.257 e. The van der Waals surface area contributed by atoms with E-state index in [0.29, 0.717) is 39.7 Å². The largest absolute Gasteiger partial charge is 0.370 e. The topological polar surface area (TPSA) is 120 Å². The van der Waals surface area contributed by atoms with Gasteiger partial charge in [-0.05, 0) is 60.2 Å². The lowest BCUT2D eigenvalue weighted by Gasteiger charge is -2.20. The van der Waals surface area contributed by atoms with E-state index >= 15 is 0 Å². The second-order valence-corrected chi connectivity index (χ2v) is 10.1. The van der Waals surface area contributed by atoms with Crippen LogP contribution in [0.25, 0.3) is 0 Å². The summed E-state index contributed by atoms with van der Waals surface area (Å²) >= 11 is 0. The molecule has 0 unspecified atom stereocenters. The summed E-state index contributed by atoms with van der Waals surface area (Å²) in [6, 6.07) is 12.4. The molecule has 0 fully saturated rings. The monoisotopic (exact) mass is 484 g/mol. The van der Waals surface area contributed by atoms with Crippen molar-refractivity contribution in [2.45, 2.75) is 47.0 Å². The highest BCUT2D eigenvalue weighted by molar-refractivity contribution is 6.07. The molecule has 0 aliphatic rings. The van der Waals surface area contributed by atoms with Crippen LogP contribution in [0.5, 0.6) is 0 Å². The fraction of sp³-hybridized carbons (Fsp3) is 0.321. The van der Waals surface area contributed by atoms with Crippen LogP contribution in [-0.4, -0.2) is 28.3 Å². The van der Waals surface area contributed by atoms with E-state index in [-0.39, 0.29) is 17.2 Å². The van der Waals surface area contributed by atoms with Crippen LogP contribution in [0, 0.1) is 24.2 Å². The Morgan fingerprint density at radius 1 is 0.972 bits per heavy atom. The number of rotatable bonds is 7. The van der Waals surface area contributed by atoms with Gasteiger partial charge in [0.15, 0.2) is 0 Å². The van der Waals surface area contributed by atoms with E-state index in [1.807, 2.05) is 20.8 Å². The first-order valence-corrected chi connectivity index (χ1v) is 11.8. The van der Waals surface area contributed by atoms with Gasteiger partial charge in [0.05, 0.1) is 46.7 Å². The molecule has 2 aromatic heterocycles. The molecule has 0 aliphatic carbocycles. The summed E-state index contributed by atoms with van der Waals surface area (Å²) < 4.78 is 0. The molecule has 1 aromatic carbocycles. The van der Waals surface area contributed by atoms with E-state index in [1.54, 1.807) is 49.5 Å². The Kier molecular flexibility index (Phi) is 8.05. The number of nitrogens with zero attached hydrogens (tertiary/aromatic N) is 3. The van der Waals surface area contributed by atoms with Crippen molar-refractivity contribution in [2.75, 3.05) is 22.5 Å². The number of benzene rings is 1. The van der Waals surface area contributed by atoms with Gasteiger partial charge in [-0.25, -0.2) is 4.98 Å². The Labute approximate surface area is 212 Å². The molecule has 0 saturated heterocycles. The van der Waals surface area contributed by atoms with E-state index < -0.39 is 0 Å². The molecule has 0 bridgehead atoms. The van der Waals surface area contributed by atoms with Crippen molar-refractivity contribution in [3.63, 3.8) is 0 Å². The minimum atomic E-state index is -0.386. The van der Waals surface area contributed by atoms with Gasteiger partial charge in [0.25, 0.3) is 11.8 Å². The number of carbonyl (C=O) groups is 2. The first-order chi connectivity index (χ1) is 17.0. The molecular weight excluding hydrogens is 452 g/mol. The average Bonchev–Trinajstić information content (AvgIpc) is 2.83. The minimum absolute atomic E-state index is 0.226. The highest BCUT2D eigenvalue weighted by atomic mass is 16.2. The molecule has 2 amide bonds. The van der Waals surface area contributed by atoms with Gasteiger partial charge < -0.3 is 16.0 Å². The maximum Gasteiger partial charge on any atom is 0.257 e. The van der Waals surface area contributed by atoms with Gasteiger partial charge in [-0.3, -0.25) is 14.6 Å². The highest BCUT2D eigenvalue weighted by Gasteiger charge is 2.19. The molecule has 0 aliphatic heterocycles. The van der Waals surface area contributed by atoms with Crippen molar-refractivity contribution in [1.82, 2.24) is 9.97 Å². The van der Waals surface area contributed by atoms with Crippen LogP contribution in [0.4, 0.5) is 17.2 Å². The number of anilines is 3. The second-order valence-electron chi connectivity index (χ2n) is 10.1. The molecule has 0 atom stereocenters. The Hall–Kier alpha value is -4.25. The van der Waals surface area contributed by atoms with E-state index in [9.17, 15) is 14.9 Å². The molecule has 3 N–H and O–H groups in total. The zero-order valence-corrected chi connectivity index (χ0v) is 21.6. The predicted molar refractivity (Wildman–Crippen MR) is 142 cm³/mol. The molecule has 36 heavy (non-hydrogen) atoms. The van der Waals surface area contributed by atoms with Crippen LogP contribution in [0.2, 0.25) is 0 Å². The third-order valence-electron chi connectivity index (χ3n) is 5.49. The van der Waals surface area contributed by atoms with Gasteiger partial charge in [-0.2, -0.15) is 5.26 Å². The van der Waals surface area contributed by atoms with Crippen LogP contribution in [0.15, 0.2) is 48.8 Å². The van der Waals surface area contributed by atoms with Gasteiger partial charge in [0, 0.05) is 12.1 Å². The molecule has 0 spiro atoms. The van der Waals surface area contributed by atoms with Crippen molar-refractivity contribution in [1.29, 1.82) is 5.26 Å². The molecule has 8 nitrogen and oxygen atoms in total. The molecule has 3 aromatic rings. The number of aromatic nitrogens is 2. The SMILES string of the molecule is Cc1ncc(NC(=O)c2cc(C#N)cc(C(C)(C)C)c2)cc1C(=O)Nc1ccc(NCC(C)C)nc1. The lowest BCUT2D eigenvalue weighted by atomic mass is 9.85. The second kappa shape index (κ2) is 11.0. The van der Waals surface area contributed by atoms with Crippen molar-refractivity contribution >= 4 is 29.0 Å². The molecule has 3 rings (SSSR count). The van der Waals surface area contributed by atoms with E-state index in [1.165, 1.54) is 6.20 Å². The number of carbonyl (C=O) groups excluding carboxylic acids is 2. The van der Waals surface area contributed by atoms with E-state index in [0.717, 1.165) is 17.9 Å². The Morgan fingerprint density at radius 2 is 1.67 bits per heavy atom. The van der Waals surface area contributed by atoms with Gasteiger partial charge in [0.2, 0.25) is 0 Å². The maximum absolute atomic E-state index is 13.0. The molecular formula is C28H32N6O2. The normalized spacial score (nSPS) is 11.1. The van der Waals surface area contributed by atoms with Crippen molar-refractivity contribution < 1.29 is 9.59 Å². The van der Waals surface area contributed by atoms with Gasteiger partial charge in [-0.1, -0.05) is 34.6 Å². The van der Waals surface area contributed by atoms with Crippen LogP contribution < -0.4 is 16.0 Å². The first-order valence-electron chi connectivity index (χ1n) is 11.8. The Morgan fingerprint density at radius 3 is 2.28 bits per heavy atom. The number of amides is 2. The highest BCUT2D eigenvalue weighted by Crippen LogP contribution is 2.25. The summed E-state index contributed by atoms with van der Waals surface area (Å²) in [5.41, 5.74) is 3.21. The maximum atomic E-state index is 13.0. The quantitative estimate of drug-likeness (QED) is 0.406.